The van der Waals surface area contributed by atoms with Crippen molar-refractivity contribution in [2.45, 2.75) is 26.3 Å². The molecule has 0 aliphatic heterocycles. The lowest BCUT2D eigenvalue weighted by atomic mass is 10.1. The molecular weight excluding hydrogens is 406 g/mol. The van der Waals surface area contributed by atoms with Gasteiger partial charge in [-0.15, -0.1) is 0 Å². The first kappa shape index (κ1) is 22.1. The first-order chi connectivity index (χ1) is 16.2. The van der Waals surface area contributed by atoms with Gasteiger partial charge in [-0.3, -0.25) is 4.79 Å². The molecule has 0 aliphatic carbocycles. The van der Waals surface area contributed by atoms with Crippen LogP contribution in [0, 0.1) is 18.3 Å². The fourth-order valence-corrected chi connectivity index (χ4v) is 4.14. The van der Waals surface area contributed by atoms with Gasteiger partial charge in [0.15, 0.2) is 0 Å². The summed E-state index contributed by atoms with van der Waals surface area (Å²) in [4.78, 5) is 12.7. The number of amides is 1. The monoisotopic (exact) mass is 433 g/mol. The summed E-state index contributed by atoms with van der Waals surface area (Å²) in [6.45, 7) is 3.30. The number of carbonyl (C=O) groups excluding carboxylic acids is 1. The average Bonchev–Trinajstić information content (AvgIpc) is 3.12. The Bertz CT molecular complexity index is 1310. The normalized spacial score (nSPS) is 11.3. The van der Waals surface area contributed by atoms with Crippen molar-refractivity contribution in [2.75, 3.05) is 6.54 Å². The molecule has 0 aliphatic rings. The van der Waals surface area contributed by atoms with E-state index in [0.717, 1.165) is 41.5 Å². The van der Waals surface area contributed by atoms with Gasteiger partial charge in [-0.2, -0.15) is 5.26 Å². The van der Waals surface area contributed by atoms with E-state index in [9.17, 15) is 10.1 Å². The first-order valence-electron chi connectivity index (χ1n) is 11.2. The molecule has 4 aromatic rings. The lowest BCUT2D eigenvalue weighted by Gasteiger charge is -2.09. The maximum absolute atomic E-state index is 12.7. The average molecular weight is 434 g/mol. The highest BCUT2D eigenvalue weighted by molar-refractivity contribution is 6.04. The Morgan fingerprint density at radius 1 is 0.939 bits per heavy atom. The highest BCUT2D eigenvalue weighted by Crippen LogP contribution is 2.28. The van der Waals surface area contributed by atoms with Crippen LogP contribution in [0.2, 0.25) is 0 Å². The zero-order valence-corrected chi connectivity index (χ0v) is 18.8. The van der Waals surface area contributed by atoms with Crippen LogP contribution in [0.15, 0.2) is 90.5 Å². The number of nitrogens with one attached hydrogen (secondary N) is 1. The third-order valence-electron chi connectivity index (χ3n) is 5.89. The number of rotatable bonds is 8. The molecule has 4 nitrogen and oxygen atoms in total. The second-order valence-corrected chi connectivity index (χ2v) is 8.10. The number of nitriles is 1. The number of nitrogens with zero attached hydrogens (tertiary/aromatic N) is 2. The Morgan fingerprint density at radius 3 is 2.27 bits per heavy atom. The Kier molecular flexibility index (Phi) is 7.02. The van der Waals surface area contributed by atoms with Gasteiger partial charge < -0.3 is 9.88 Å². The van der Waals surface area contributed by atoms with Crippen LogP contribution in [-0.2, 0) is 17.8 Å². The Balaban J connectivity index is 1.54. The van der Waals surface area contributed by atoms with Gasteiger partial charge in [-0.25, -0.2) is 0 Å². The molecule has 164 valence electrons. The number of benzene rings is 3. The van der Waals surface area contributed by atoms with E-state index in [1.54, 1.807) is 6.08 Å². The number of aryl methyl sites for hydroxylation is 1. The molecule has 4 heteroatoms. The number of para-hydroxylation sites is 1. The van der Waals surface area contributed by atoms with E-state index in [0.29, 0.717) is 6.54 Å². The summed E-state index contributed by atoms with van der Waals surface area (Å²) in [6.07, 6.45) is 3.44. The van der Waals surface area contributed by atoms with Gasteiger partial charge in [0.1, 0.15) is 11.6 Å². The number of carbonyl (C=O) groups is 1. The minimum absolute atomic E-state index is 0.125. The van der Waals surface area contributed by atoms with E-state index in [-0.39, 0.29) is 11.5 Å². The van der Waals surface area contributed by atoms with Crippen LogP contribution in [0.25, 0.3) is 17.0 Å². The number of hydrogen-bond donors (Lipinski definition) is 1. The van der Waals surface area contributed by atoms with Crippen molar-refractivity contribution < 1.29 is 4.79 Å². The van der Waals surface area contributed by atoms with Crippen LogP contribution >= 0.6 is 0 Å². The van der Waals surface area contributed by atoms with E-state index in [4.69, 9.17) is 0 Å². The van der Waals surface area contributed by atoms with Crippen LogP contribution < -0.4 is 5.32 Å². The standard InChI is InChI=1S/C29H27N3O/c1-22-27(19-25(20-30)29(33)31-18-10-15-23-11-4-2-5-12-23)26-16-8-9-17-28(26)32(22)21-24-13-6-3-7-14-24/h2-9,11-14,16-17,19H,10,15,18,21H2,1H3,(H,31,33)/b25-19-. The molecule has 0 saturated carbocycles. The third kappa shape index (κ3) is 5.22. The van der Waals surface area contributed by atoms with E-state index in [1.165, 1.54) is 11.1 Å². The van der Waals surface area contributed by atoms with Crippen molar-refractivity contribution in [3.63, 3.8) is 0 Å². The van der Waals surface area contributed by atoms with E-state index < -0.39 is 0 Å². The summed E-state index contributed by atoms with van der Waals surface area (Å²) in [7, 11) is 0. The van der Waals surface area contributed by atoms with E-state index in [1.807, 2.05) is 61.5 Å². The van der Waals surface area contributed by atoms with Gasteiger partial charge in [0.25, 0.3) is 5.91 Å². The van der Waals surface area contributed by atoms with Crippen LogP contribution in [0.4, 0.5) is 0 Å². The second-order valence-electron chi connectivity index (χ2n) is 8.10. The maximum Gasteiger partial charge on any atom is 0.261 e. The molecule has 0 atom stereocenters. The Morgan fingerprint density at radius 2 is 1.58 bits per heavy atom. The molecule has 0 radical (unpaired) electrons. The molecule has 0 unspecified atom stereocenters. The summed E-state index contributed by atoms with van der Waals surface area (Å²) < 4.78 is 2.24. The van der Waals surface area contributed by atoms with Crippen LogP contribution in [0.5, 0.6) is 0 Å². The Hall–Kier alpha value is -4.10. The molecule has 1 heterocycles. The van der Waals surface area contributed by atoms with Crippen molar-refractivity contribution in [3.8, 4) is 6.07 Å². The van der Waals surface area contributed by atoms with E-state index in [2.05, 4.69) is 46.3 Å². The zero-order chi connectivity index (χ0) is 23.0. The fraction of sp³-hybridized carbons (Fsp3) is 0.172. The molecule has 4 rings (SSSR count). The lowest BCUT2D eigenvalue weighted by molar-refractivity contribution is -0.117. The zero-order valence-electron chi connectivity index (χ0n) is 18.8. The van der Waals surface area contributed by atoms with Gasteiger partial charge in [0.05, 0.1) is 0 Å². The minimum Gasteiger partial charge on any atom is -0.351 e. The van der Waals surface area contributed by atoms with Crippen LogP contribution in [0.3, 0.4) is 0 Å². The largest absolute Gasteiger partial charge is 0.351 e. The summed E-state index contributed by atoms with van der Waals surface area (Å²) in [6, 6.07) is 30.7. The minimum atomic E-state index is -0.329. The highest BCUT2D eigenvalue weighted by Gasteiger charge is 2.16. The van der Waals surface area contributed by atoms with Crippen molar-refractivity contribution in [1.29, 1.82) is 5.26 Å². The van der Waals surface area contributed by atoms with Crippen LogP contribution in [-0.4, -0.2) is 17.0 Å². The molecule has 0 spiro atoms. The summed E-state index contributed by atoms with van der Waals surface area (Å²) in [5, 5.41) is 13.7. The summed E-state index contributed by atoms with van der Waals surface area (Å²) in [5.74, 6) is -0.329. The summed E-state index contributed by atoms with van der Waals surface area (Å²) in [5.41, 5.74) is 5.60. The fourth-order valence-electron chi connectivity index (χ4n) is 4.14. The predicted octanol–water partition coefficient (Wildman–Crippen LogP) is 5.65. The van der Waals surface area contributed by atoms with Crippen molar-refractivity contribution >= 4 is 22.9 Å². The summed E-state index contributed by atoms with van der Waals surface area (Å²) >= 11 is 0. The van der Waals surface area contributed by atoms with Gasteiger partial charge in [0, 0.05) is 35.2 Å². The lowest BCUT2D eigenvalue weighted by Crippen LogP contribution is -2.25. The Labute approximate surface area is 194 Å². The molecule has 0 bridgehead atoms. The van der Waals surface area contributed by atoms with Crippen molar-refractivity contribution in [2.24, 2.45) is 0 Å². The molecule has 1 amide bonds. The predicted molar refractivity (Wildman–Crippen MR) is 134 cm³/mol. The SMILES string of the molecule is Cc1c(/C=C(/C#N)C(=O)NCCCc2ccccc2)c2ccccc2n1Cc1ccccc1. The van der Waals surface area contributed by atoms with E-state index >= 15 is 0 Å². The number of hydrogen-bond acceptors (Lipinski definition) is 2. The molecule has 3 aromatic carbocycles. The molecule has 0 fully saturated rings. The molecule has 1 N–H and O–H groups in total. The first-order valence-corrected chi connectivity index (χ1v) is 11.2. The maximum atomic E-state index is 12.7. The molecule has 33 heavy (non-hydrogen) atoms. The van der Waals surface area contributed by atoms with Gasteiger partial charge >= 0.3 is 0 Å². The quantitative estimate of drug-likeness (QED) is 0.222. The van der Waals surface area contributed by atoms with Crippen LogP contribution in [0.1, 0.15) is 28.8 Å². The van der Waals surface area contributed by atoms with Gasteiger partial charge in [-0.05, 0) is 43.0 Å². The van der Waals surface area contributed by atoms with Crippen molar-refractivity contribution in [3.05, 3.63) is 113 Å². The second kappa shape index (κ2) is 10.5. The number of fused-ring (bicyclic) bond motifs is 1. The molecular formula is C29H27N3O. The van der Waals surface area contributed by atoms with Gasteiger partial charge in [0.2, 0.25) is 0 Å². The van der Waals surface area contributed by atoms with Gasteiger partial charge in [-0.1, -0.05) is 78.9 Å². The number of aromatic nitrogens is 1. The smallest absolute Gasteiger partial charge is 0.261 e. The third-order valence-corrected chi connectivity index (χ3v) is 5.89. The topological polar surface area (TPSA) is 57.8 Å². The highest BCUT2D eigenvalue weighted by atomic mass is 16.1. The molecule has 1 aromatic heterocycles. The van der Waals surface area contributed by atoms with Crippen molar-refractivity contribution in [1.82, 2.24) is 9.88 Å². The molecule has 0 saturated heterocycles.